The van der Waals surface area contributed by atoms with E-state index in [9.17, 15) is 9.18 Å². The van der Waals surface area contributed by atoms with Crippen molar-refractivity contribution in [1.82, 2.24) is 0 Å². The van der Waals surface area contributed by atoms with Crippen LogP contribution >= 0.6 is 0 Å². The van der Waals surface area contributed by atoms with Gasteiger partial charge in [-0.1, -0.05) is 0 Å². The van der Waals surface area contributed by atoms with Crippen LogP contribution in [0.1, 0.15) is 27.2 Å². The van der Waals surface area contributed by atoms with Crippen molar-refractivity contribution >= 4 is 16.4 Å². The standard InChI is InChI=1S/C8H16FNO2.H2O4S/c1-4-12-7(11)6(10)5-8(2,3)9;1-5(2,3)4/h6H,4-5,10H2,1-3H3;(H2,1,2,3,4)/p-2/t6-;/m0./s1. The Morgan fingerprint density at radius 1 is 1.47 bits per heavy atom. The first-order chi connectivity index (χ1) is 7.37. The highest BCUT2D eigenvalue weighted by atomic mass is 32.3. The van der Waals surface area contributed by atoms with Crippen LogP contribution in [-0.4, -0.2) is 41.8 Å². The Labute approximate surface area is 99.7 Å². The van der Waals surface area contributed by atoms with Crippen molar-refractivity contribution in [1.29, 1.82) is 0 Å². The zero-order valence-electron chi connectivity index (χ0n) is 9.80. The minimum Gasteiger partial charge on any atom is -0.759 e. The highest BCUT2D eigenvalue weighted by molar-refractivity contribution is 7.79. The molecule has 0 aromatic heterocycles. The third-order valence-corrected chi connectivity index (χ3v) is 1.29. The Kier molecular flexibility index (Phi) is 8.24. The number of rotatable bonds is 4. The number of nitrogens with two attached hydrogens (primary N) is 1. The first-order valence-electron chi connectivity index (χ1n) is 4.64. The average molecular weight is 273 g/mol. The molecule has 0 aliphatic carbocycles. The summed E-state index contributed by atoms with van der Waals surface area (Å²) in [5.41, 5.74) is 3.95. The van der Waals surface area contributed by atoms with Gasteiger partial charge in [-0.25, -0.2) is 4.39 Å². The van der Waals surface area contributed by atoms with Crippen LogP contribution in [-0.2, 0) is 19.9 Å². The van der Waals surface area contributed by atoms with Gasteiger partial charge in [0.05, 0.1) is 6.61 Å². The molecule has 17 heavy (non-hydrogen) atoms. The highest BCUT2D eigenvalue weighted by Gasteiger charge is 2.25. The molecule has 1 atom stereocenters. The number of hydrogen-bond acceptors (Lipinski definition) is 7. The van der Waals surface area contributed by atoms with E-state index in [2.05, 4.69) is 4.74 Å². The predicted molar refractivity (Wildman–Crippen MR) is 54.9 cm³/mol. The fraction of sp³-hybridized carbons (Fsp3) is 0.875. The van der Waals surface area contributed by atoms with Crippen LogP contribution in [0.4, 0.5) is 4.39 Å². The number of halogens is 1. The molecule has 104 valence electrons. The van der Waals surface area contributed by atoms with Gasteiger partial charge in [0.1, 0.15) is 11.7 Å². The molecule has 0 heterocycles. The van der Waals surface area contributed by atoms with E-state index in [0.717, 1.165) is 0 Å². The molecule has 7 nitrogen and oxygen atoms in total. The van der Waals surface area contributed by atoms with Crippen molar-refractivity contribution < 1.29 is 31.4 Å². The van der Waals surface area contributed by atoms with Gasteiger partial charge in [0.2, 0.25) is 0 Å². The minimum absolute atomic E-state index is 0.00810. The second kappa shape index (κ2) is 7.54. The van der Waals surface area contributed by atoms with Crippen molar-refractivity contribution in [3.8, 4) is 0 Å². The van der Waals surface area contributed by atoms with Gasteiger partial charge in [0.25, 0.3) is 0 Å². The third-order valence-electron chi connectivity index (χ3n) is 1.29. The number of esters is 1. The summed E-state index contributed by atoms with van der Waals surface area (Å²) in [6, 6.07) is -0.857. The molecule has 0 spiro atoms. The maximum Gasteiger partial charge on any atom is 0.323 e. The second-order valence-corrected chi connectivity index (χ2v) is 4.51. The fourth-order valence-electron chi connectivity index (χ4n) is 0.856. The van der Waals surface area contributed by atoms with E-state index in [1.54, 1.807) is 6.92 Å². The van der Waals surface area contributed by atoms with Crippen molar-refractivity contribution in [3.63, 3.8) is 0 Å². The molecule has 0 fully saturated rings. The van der Waals surface area contributed by atoms with Crippen molar-refractivity contribution in [2.24, 2.45) is 5.73 Å². The quantitative estimate of drug-likeness (QED) is 0.421. The average Bonchev–Trinajstić information content (AvgIpc) is 1.97. The van der Waals surface area contributed by atoms with Crippen LogP contribution in [0.3, 0.4) is 0 Å². The van der Waals surface area contributed by atoms with Gasteiger partial charge < -0.3 is 19.6 Å². The molecular formula is C8H16FNO6S-2. The summed E-state index contributed by atoms with van der Waals surface area (Å²) in [4.78, 5) is 10.9. The molecule has 0 aromatic carbocycles. The lowest BCUT2D eigenvalue weighted by Gasteiger charge is -2.17. The Morgan fingerprint density at radius 2 is 1.82 bits per heavy atom. The number of alkyl halides is 1. The second-order valence-electron chi connectivity index (χ2n) is 3.69. The molecule has 2 N–H and O–H groups in total. The van der Waals surface area contributed by atoms with Crippen LogP contribution in [0.5, 0.6) is 0 Å². The van der Waals surface area contributed by atoms with Crippen LogP contribution in [0.15, 0.2) is 0 Å². The third kappa shape index (κ3) is 21.1. The summed E-state index contributed by atoms with van der Waals surface area (Å²) in [6.07, 6.45) is -0.00810. The fourth-order valence-corrected chi connectivity index (χ4v) is 0.856. The molecule has 0 rings (SSSR count). The zero-order chi connectivity index (χ0) is 14.3. The van der Waals surface area contributed by atoms with Gasteiger partial charge in [0, 0.05) is 16.8 Å². The maximum atomic E-state index is 13.0. The number of hydrogen-bond donors (Lipinski definition) is 1. The monoisotopic (exact) mass is 273 g/mol. The van der Waals surface area contributed by atoms with E-state index < -0.39 is 28.1 Å². The Bertz CT molecular complexity index is 315. The topological polar surface area (TPSA) is 133 Å². The Morgan fingerprint density at radius 3 is 2.06 bits per heavy atom. The lowest BCUT2D eigenvalue weighted by molar-refractivity contribution is -0.145. The molecule has 0 aromatic rings. The summed E-state index contributed by atoms with van der Waals surface area (Å²) in [5, 5.41) is 0. The normalized spacial score (nSPS) is 13.4. The summed E-state index contributed by atoms with van der Waals surface area (Å²) < 4.78 is 51.7. The summed E-state index contributed by atoms with van der Waals surface area (Å²) in [5.74, 6) is -0.539. The molecule has 0 aliphatic rings. The van der Waals surface area contributed by atoms with Crippen LogP contribution in [0.25, 0.3) is 0 Å². The van der Waals surface area contributed by atoms with Gasteiger partial charge in [-0.05, 0) is 20.8 Å². The largest absolute Gasteiger partial charge is 0.759 e. The lowest BCUT2D eigenvalue weighted by atomic mass is 10.0. The van der Waals surface area contributed by atoms with Gasteiger partial charge in [0.15, 0.2) is 0 Å². The molecule has 9 heteroatoms. The summed E-state index contributed by atoms with van der Waals surface area (Å²) in [7, 11) is -5.17. The Hall–Kier alpha value is -0.770. The van der Waals surface area contributed by atoms with E-state index in [1.165, 1.54) is 13.8 Å². The molecule has 0 saturated carbocycles. The van der Waals surface area contributed by atoms with Crippen molar-refractivity contribution in [2.45, 2.75) is 38.9 Å². The van der Waals surface area contributed by atoms with E-state index in [-0.39, 0.29) is 13.0 Å². The molecule has 0 saturated heterocycles. The van der Waals surface area contributed by atoms with Crippen LogP contribution in [0.2, 0.25) is 0 Å². The maximum absolute atomic E-state index is 13.0. The van der Waals surface area contributed by atoms with Crippen molar-refractivity contribution in [2.75, 3.05) is 6.61 Å². The van der Waals surface area contributed by atoms with Gasteiger partial charge in [-0.3, -0.25) is 13.2 Å². The first kappa shape index (κ1) is 18.6. The van der Waals surface area contributed by atoms with E-state index in [0.29, 0.717) is 0 Å². The number of carbonyl (C=O) groups excluding carboxylic acids is 1. The first-order valence-corrected chi connectivity index (χ1v) is 5.98. The lowest BCUT2D eigenvalue weighted by Crippen LogP contribution is -2.37. The molecule has 0 aliphatic heterocycles. The number of ether oxygens (including phenoxy) is 1. The minimum atomic E-state index is -5.17. The molecule has 0 bridgehead atoms. The molecule has 0 radical (unpaired) electrons. The number of carbonyl (C=O) groups is 1. The van der Waals surface area contributed by atoms with Crippen LogP contribution in [0, 0.1) is 0 Å². The smallest absolute Gasteiger partial charge is 0.323 e. The highest BCUT2D eigenvalue weighted by Crippen LogP contribution is 2.15. The van der Waals surface area contributed by atoms with Crippen LogP contribution < -0.4 is 5.73 Å². The van der Waals surface area contributed by atoms with Gasteiger partial charge >= 0.3 is 5.97 Å². The summed E-state index contributed by atoms with van der Waals surface area (Å²) >= 11 is 0. The van der Waals surface area contributed by atoms with E-state index in [4.69, 9.17) is 23.3 Å². The van der Waals surface area contributed by atoms with E-state index in [1.807, 2.05) is 0 Å². The van der Waals surface area contributed by atoms with Gasteiger partial charge in [-0.15, -0.1) is 0 Å². The molecular weight excluding hydrogens is 257 g/mol. The predicted octanol–water partition coefficient (Wildman–Crippen LogP) is -0.323. The molecule has 0 amide bonds. The molecule has 0 unspecified atom stereocenters. The Balaban J connectivity index is 0. The SMILES string of the molecule is CCOC(=O)[C@@H](N)CC(C)(C)F.O=S(=O)([O-])[O-]. The zero-order valence-corrected chi connectivity index (χ0v) is 10.6. The van der Waals surface area contributed by atoms with Gasteiger partial charge in [-0.2, -0.15) is 0 Å². The summed E-state index contributed by atoms with van der Waals surface area (Å²) in [6.45, 7) is 4.72. The van der Waals surface area contributed by atoms with E-state index >= 15 is 0 Å². The van der Waals surface area contributed by atoms with Crippen molar-refractivity contribution in [3.05, 3.63) is 0 Å².